The summed E-state index contributed by atoms with van der Waals surface area (Å²) in [5.41, 5.74) is 5.77. The van der Waals surface area contributed by atoms with Gasteiger partial charge in [0.1, 0.15) is 0 Å². The molecule has 0 spiro atoms. The first-order valence-electron chi connectivity index (χ1n) is 13.9. The summed E-state index contributed by atoms with van der Waals surface area (Å²) in [6.45, 7) is 21.1. The zero-order valence-electron chi connectivity index (χ0n) is 23.8. The second-order valence-electron chi connectivity index (χ2n) is 11.5. The number of hydrogen-bond donors (Lipinski definition) is 2. The maximum Gasteiger partial charge on any atom is 0.0113 e. The summed E-state index contributed by atoms with van der Waals surface area (Å²) in [7, 11) is 6.45. The van der Waals surface area contributed by atoms with Gasteiger partial charge in [-0.05, 0) is 140 Å². The predicted octanol–water partition coefficient (Wildman–Crippen LogP) is 3.32. The van der Waals surface area contributed by atoms with Crippen LogP contribution in [0, 0.1) is 0 Å². The lowest BCUT2D eigenvalue weighted by Crippen LogP contribution is -2.44. The van der Waals surface area contributed by atoms with Crippen LogP contribution in [0.25, 0.3) is 0 Å². The van der Waals surface area contributed by atoms with Crippen LogP contribution < -0.4 is 11.1 Å². The average Bonchev–Trinajstić information content (AvgIpc) is 2.80. The summed E-state index contributed by atoms with van der Waals surface area (Å²) < 4.78 is 0. The molecule has 0 aromatic heterocycles. The van der Waals surface area contributed by atoms with Crippen molar-refractivity contribution in [3.05, 3.63) is 0 Å². The first kappa shape index (κ1) is 30.8. The molecular formula is C27H60N6. The summed E-state index contributed by atoms with van der Waals surface area (Å²) in [5.74, 6) is 0. The molecule has 0 aliphatic carbocycles. The molecule has 3 aliphatic rings. The molecule has 0 saturated carbocycles. The van der Waals surface area contributed by atoms with Gasteiger partial charge in [-0.15, -0.1) is 0 Å². The fraction of sp³-hybridized carbons (Fsp3) is 1.00. The number of nitrogens with two attached hydrogens (primary N) is 1. The lowest BCUT2D eigenvalue weighted by molar-refractivity contribution is 0.121. The molecule has 0 amide bonds. The van der Waals surface area contributed by atoms with Gasteiger partial charge in [0.05, 0.1) is 0 Å². The van der Waals surface area contributed by atoms with E-state index in [-0.39, 0.29) is 0 Å². The number of hydrogen-bond acceptors (Lipinski definition) is 6. The third kappa shape index (κ3) is 12.3. The van der Waals surface area contributed by atoms with E-state index in [4.69, 9.17) is 5.73 Å². The minimum Gasteiger partial charge on any atom is -0.328 e. The van der Waals surface area contributed by atoms with Gasteiger partial charge < -0.3 is 30.7 Å². The molecule has 0 aromatic rings. The highest BCUT2D eigenvalue weighted by Crippen LogP contribution is 2.16. The molecular weight excluding hydrogens is 408 g/mol. The van der Waals surface area contributed by atoms with E-state index in [9.17, 15) is 0 Å². The number of piperidine rings is 3. The van der Waals surface area contributed by atoms with Gasteiger partial charge in [-0.25, -0.2) is 0 Å². The van der Waals surface area contributed by atoms with E-state index < -0.39 is 0 Å². The SMILES string of the molecule is CC(C)N1CCC(N(C)C)CC1.CC(C)N1CCC(N)CC1.CNC1CCN(C(C)C)CC1. The maximum atomic E-state index is 5.77. The Morgan fingerprint density at radius 1 is 0.636 bits per heavy atom. The van der Waals surface area contributed by atoms with Crippen LogP contribution in [0.15, 0.2) is 0 Å². The molecule has 6 heteroatoms. The smallest absolute Gasteiger partial charge is 0.0113 e. The Balaban J connectivity index is 0.000000249. The topological polar surface area (TPSA) is 51.0 Å². The molecule has 0 aromatic carbocycles. The van der Waals surface area contributed by atoms with Crippen LogP contribution in [0.5, 0.6) is 0 Å². The summed E-state index contributed by atoms with van der Waals surface area (Å²) in [6.07, 6.45) is 7.66. The fourth-order valence-corrected chi connectivity index (χ4v) is 5.06. The summed E-state index contributed by atoms with van der Waals surface area (Å²) in [5, 5.41) is 3.34. The zero-order valence-corrected chi connectivity index (χ0v) is 23.8. The van der Waals surface area contributed by atoms with Gasteiger partial charge in [0.2, 0.25) is 0 Å². The second-order valence-corrected chi connectivity index (χ2v) is 11.5. The van der Waals surface area contributed by atoms with E-state index in [0.29, 0.717) is 12.1 Å². The van der Waals surface area contributed by atoms with E-state index in [2.05, 4.69) is 87.6 Å². The number of nitrogens with one attached hydrogen (secondary N) is 1. The van der Waals surface area contributed by atoms with Crippen molar-refractivity contribution in [1.29, 1.82) is 0 Å². The first-order valence-corrected chi connectivity index (χ1v) is 13.9. The van der Waals surface area contributed by atoms with Gasteiger partial charge in [-0.1, -0.05) is 0 Å². The van der Waals surface area contributed by atoms with Gasteiger partial charge in [0.25, 0.3) is 0 Å². The van der Waals surface area contributed by atoms with Gasteiger partial charge in [0, 0.05) is 36.3 Å². The molecule has 33 heavy (non-hydrogen) atoms. The van der Waals surface area contributed by atoms with Crippen LogP contribution in [0.3, 0.4) is 0 Å². The highest BCUT2D eigenvalue weighted by atomic mass is 15.2. The fourth-order valence-electron chi connectivity index (χ4n) is 5.06. The van der Waals surface area contributed by atoms with Crippen molar-refractivity contribution in [3.63, 3.8) is 0 Å². The third-order valence-corrected chi connectivity index (χ3v) is 7.93. The standard InChI is InChI=1S/C10H22N2.C9H20N2.C8H18N2/c1-9(2)12-7-5-10(6-8-12)11(3)4;1-8(2)11-6-4-9(10-3)5-7-11;1-7(2)10-5-3-8(9)4-6-10/h9-10H,5-8H2,1-4H3;8-10H,4-7H2,1-3H3;7-8H,3-6,9H2,1-2H3. The minimum atomic E-state index is 0.468. The largest absolute Gasteiger partial charge is 0.328 e. The molecule has 3 saturated heterocycles. The summed E-state index contributed by atoms with van der Waals surface area (Å²) in [6, 6.07) is 4.22. The van der Waals surface area contributed by atoms with Crippen molar-refractivity contribution < 1.29 is 0 Å². The van der Waals surface area contributed by atoms with Crippen LogP contribution in [-0.4, -0.2) is 116 Å². The van der Waals surface area contributed by atoms with Gasteiger partial charge in [-0.3, -0.25) is 0 Å². The van der Waals surface area contributed by atoms with Crippen molar-refractivity contribution >= 4 is 0 Å². The Morgan fingerprint density at radius 2 is 0.970 bits per heavy atom. The predicted molar refractivity (Wildman–Crippen MR) is 146 cm³/mol. The van der Waals surface area contributed by atoms with Gasteiger partial charge in [-0.2, -0.15) is 0 Å². The Bertz CT molecular complexity index is 441. The van der Waals surface area contributed by atoms with E-state index in [1.807, 2.05) is 0 Å². The van der Waals surface area contributed by atoms with Crippen LogP contribution in [0.1, 0.15) is 80.1 Å². The highest BCUT2D eigenvalue weighted by molar-refractivity contribution is 4.79. The molecule has 3 rings (SSSR count). The van der Waals surface area contributed by atoms with Crippen molar-refractivity contribution in [2.24, 2.45) is 5.73 Å². The van der Waals surface area contributed by atoms with E-state index in [1.54, 1.807) is 0 Å². The van der Waals surface area contributed by atoms with E-state index >= 15 is 0 Å². The molecule has 198 valence electrons. The van der Waals surface area contributed by atoms with Crippen LogP contribution in [-0.2, 0) is 0 Å². The van der Waals surface area contributed by atoms with Crippen LogP contribution in [0.2, 0.25) is 0 Å². The Kier molecular flexibility index (Phi) is 15.3. The Labute approximate surface area is 207 Å². The monoisotopic (exact) mass is 468 g/mol. The van der Waals surface area contributed by atoms with Crippen LogP contribution in [0.4, 0.5) is 0 Å². The Hall–Kier alpha value is -0.240. The highest BCUT2D eigenvalue weighted by Gasteiger charge is 2.22. The lowest BCUT2D eigenvalue weighted by atomic mass is 10.0. The molecule has 0 atom stereocenters. The molecule has 0 bridgehead atoms. The minimum absolute atomic E-state index is 0.468. The van der Waals surface area contributed by atoms with Crippen LogP contribution >= 0.6 is 0 Å². The molecule has 3 heterocycles. The molecule has 3 N–H and O–H groups in total. The van der Waals surface area contributed by atoms with Gasteiger partial charge in [0.15, 0.2) is 0 Å². The third-order valence-electron chi connectivity index (χ3n) is 7.93. The number of rotatable bonds is 5. The van der Waals surface area contributed by atoms with E-state index in [0.717, 1.165) is 24.2 Å². The van der Waals surface area contributed by atoms with E-state index in [1.165, 1.54) is 77.8 Å². The normalized spacial score (nSPS) is 23.1. The lowest BCUT2D eigenvalue weighted by Gasteiger charge is -2.37. The van der Waals surface area contributed by atoms with Crippen molar-refractivity contribution in [2.45, 2.75) is 116 Å². The van der Waals surface area contributed by atoms with Crippen molar-refractivity contribution in [1.82, 2.24) is 24.9 Å². The first-order chi connectivity index (χ1) is 15.5. The zero-order chi connectivity index (χ0) is 25.0. The maximum absolute atomic E-state index is 5.77. The molecule has 3 fully saturated rings. The number of likely N-dealkylation sites (tertiary alicyclic amines) is 3. The van der Waals surface area contributed by atoms with Crippen molar-refractivity contribution in [3.8, 4) is 0 Å². The van der Waals surface area contributed by atoms with Crippen molar-refractivity contribution in [2.75, 3.05) is 60.4 Å². The summed E-state index contributed by atoms with van der Waals surface area (Å²) in [4.78, 5) is 9.97. The Morgan fingerprint density at radius 3 is 1.27 bits per heavy atom. The molecule has 0 unspecified atom stereocenters. The quantitative estimate of drug-likeness (QED) is 0.646. The summed E-state index contributed by atoms with van der Waals surface area (Å²) >= 11 is 0. The molecule has 0 radical (unpaired) electrons. The van der Waals surface area contributed by atoms with Gasteiger partial charge >= 0.3 is 0 Å². The number of nitrogens with zero attached hydrogens (tertiary/aromatic N) is 4. The molecule has 3 aliphatic heterocycles. The average molecular weight is 469 g/mol. The molecule has 6 nitrogen and oxygen atoms in total. The second kappa shape index (κ2) is 16.4.